The minimum atomic E-state index is -0.561. The first kappa shape index (κ1) is 12.1. The summed E-state index contributed by atoms with van der Waals surface area (Å²) in [5.41, 5.74) is 2.91. The molecule has 0 heterocycles. The fourth-order valence-corrected chi connectivity index (χ4v) is 1.77. The summed E-state index contributed by atoms with van der Waals surface area (Å²) >= 11 is 6.02. The summed E-state index contributed by atoms with van der Waals surface area (Å²) in [6.45, 7) is 5.41. The van der Waals surface area contributed by atoms with Crippen molar-refractivity contribution in [3.05, 3.63) is 28.8 Å². The van der Waals surface area contributed by atoms with E-state index in [9.17, 15) is 4.79 Å². The van der Waals surface area contributed by atoms with Crippen molar-refractivity contribution in [3.8, 4) is 5.75 Å². The lowest BCUT2D eigenvalue weighted by Gasteiger charge is -2.14. The number of alkyl halides is 1. The smallest absolute Gasteiger partial charge is 0.152 e. The van der Waals surface area contributed by atoms with Gasteiger partial charge in [-0.25, -0.2) is 0 Å². The van der Waals surface area contributed by atoms with Gasteiger partial charge in [0.1, 0.15) is 11.1 Å². The first-order valence-electron chi connectivity index (χ1n) is 4.77. The van der Waals surface area contributed by atoms with Crippen LogP contribution >= 0.6 is 11.6 Å². The zero-order valence-electron chi connectivity index (χ0n) is 9.43. The fraction of sp³-hybridized carbons (Fsp3) is 0.417. The van der Waals surface area contributed by atoms with E-state index < -0.39 is 5.38 Å². The number of carbonyl (C=O) groups is 1. The highest BCUT2D eigenvalue weighted by Crippen LogP contribution is 2.31. The van der Waals surface area contributed by atoms with Crippen molar-refractivity contribution in [2.45, 2.75) is 26.1 Å². The van der Waals surface area contributed by atoms with E-state index in [2.05, 4.69) is 0 Å². The molecule has 0 spiro atoms. The summed E-state index contributed by atoms with van der Waals surface area (Å²) in [6, 6.07) is 3.69. The van der Waals surface area contributed by atoms with E-state index in [1.807, 2.05) is 26.0 Å². The lowest BCUT2D eigenvalue weighted by Crippen LogP contribution is -2.05. The number of Topliss-reactive ketones (excluding diaryl/α,β-unsaturated/α-hetero) is 1. The first-order valence-corrected chi connectivity index (χ1v) is 5.21. The van der Waals surface area contributed by atoms with Gasteiger partial charge in [0.05, 0.1) is 7.11 Å². The minimum absolute atomic E-state index is 0.0377. The van der Waals surface area contributed by atoms with Gasteiger partial charge in [-0.1, -0.05) is 6.07 Å². The van der Waals surface area contributed by atoms with E-state index in [0.29, 0.717) is 0 Å². The topological polar surface area (TPSA) is 26.3 Å². The third-order valence-corrected chi connectivity index (χ3v) is 3.17. The average molecular weight is 227 g/mol. The Balaban J connectivity index is 3.23. The molecule has 2 nitrogen and oxygen atoms in total. The Hall–Kier alpha value is -1.02. The number of ether oxygens (including phenoxy) is 1. The number of halogens is 1. The number of methoxy groups -OCH3 is 1. The highest BCUT2D eigenvalue weighted by atomic mass is 35.5. The molecular weight excluding hydrogens is 212 g/mol. The van der Waals surface area contributed by atoms with Crippen LogP contribution in [-0.4, -0.2) is 12.9 Å². The van der Waals surface area contributed by atoms with Gasteiger partial charge in [-0.15, -0.1) is 11.6 Å². The number of ketones is 1. The molecule has 0 saturated carbocycles. The van der Waals surface area contributed by atoms with Crippen LogP contribution in [0.5, 0.6) is 5.75 Å². The summed E-state index contributed by atoms with van der Waals surface area (Å²) in [6.07, 6.45) is 0. The predicted octanol–water partition coefficient (Wildman–Crippen LogP) is 3.18. The van der Waals surface area contributed by atoms with Gasteiger partial charge in [0.25, 0.3) is 0 Å². The molecule has 0 bridgehead atoms. The molecule has 0 aliphatic carbocycles. The molecule has 1 aromatic rings. The number of rotatable bonds is 3. The number of hydrogen-bond donors (Lipinski definition) is 0. The van der Waals surface area contributed by atoms with Crippen LogP contribution in [0.15, 0.2) is 12.1 Å². The first-order chi connectivity index (χ1) is 6.99. The largest absolute Gasteiger partial charge is 0.496 e. The minimum Gasteiger partial charge on any atom is -0.496 e. The van der Waals surface area contributed by atoms with Crippen LogP contribution in [0.3, 0.4) is 0 Å². The molecule has 0 aromatic heterocycles. The number of benzene rings is 1. The lowest BCUT2D eigenvalue weighted by molar-refractivity contribution is -0.116. The molecule has 1 atom stereocenters. The normalized spacial score (nSPS) is 12.3. The Labute approximate surface area is 95.2 Å². The molecular formula is C12H15ClO2. The lowest BCUT2D eigenvalue weighted by atomic mass is 9.98. The Morgan fingerprint density at radius 1 is 1.33 bits per heavy atom. The summed E-state index contributed by atoms with van der Waals surface area (Å²) in [5.74, 6) is 0.785. The second-order valence-corrected chi connectivity index (χ2v) is 4.02. The van der Waals surface area contributed by atoms with Crippen LogP contribution < -0.4 is 4.74 Å². The monoisotopic (exact) mass is 226 g/mol. The van der Waals surface area contributed by atoms with Crippen LogP contribution in [0.4, 0.5) is 0 Å². The maximum atomic E-state index is 11.2. The van der Waals surface area contributed by atoms with Crippen LogP contribution in [-0.2, 0) is 4.79 Å². The van der Waals surface area contributed by atoms with Crippen molar-refractivity contribution in [3.63, 3.8) is 0 Å². The van der Waals surface area contributed by atoms with E-state index in [1.165, 1.54) is 6.92 Å². The van der Waals surface area contributed by atoms with E-state index in [4.69, 9.17) is 16.3 Å². The summed E-state index contributed by atoms with van der Waals surface area (Å²) in [5, 5.41) is -0.561. The second kappa shape index (κ2) is 4.67. The number of hydrogen-bond acceptors (Lipinski definition) is 2. The van der Waals surface area contributed by atoms with Crippen LogP contribution in [0, 0.1) is 13.8 Å². The molecule has 0 amide bonds. The van der Waals surface area contributed by atoms with Crippen molar-refractivity contribution < 1.29 is 9.53 Å². The zero-order valence-corrected chi connectivity index (χ0v) is 10.2. The summed E-state index contributed by atoms with van der Waals surface area (Å²) < 4.78 is 5.19. The molecule has 1 unspecified atom stereocenters. The number of carbonyl (C=O) groups excluding carboxylic acids is 1. The van der Waals surface area contributed by atoms with Gasteiger partial charge in [-0.3, -0.25) is 4.79 Å². The van der Waals surface area contributed by atoms with Crippen LogP contribution in [0.25, 0.3) is 0 Å². The van der Waals surface area contributed by atoms with Crippen molar-refractivity contribution in [2.24, 2.45) is 0 Å². The van der Waals surface area contributed by atoms with Gasteiger partial charge in [-0.2, -0.15) is 0 Å². The molecule has 15 heavy (non-hydrogen) atoms. The van der Waals surface area contributed by atoms with Crippen molar-refractivity contribution >= 4 is 17.4 Å². The third-order valence-electron chi connectivity index (χ3n) is 2.63. The molecule has 0 saturated heterocycles. The van der Waals surface area contributed by atoms with E-state index in [-0.39, 0.29) is 5.78 Å². The standard InChI is InChI=1S/C12H15ClO2/c1-7-8(2)11(15-4)6-5-10(7)12(13)9(3)14/h5-6,12H,1-4H3. The van der Waals surface area contributed by atoms with Gasteiger partial charge in [-0.05, 0) is 43.5 Å². The third kappa shape index (κ3) is 2.32. The van der Waals surface area contributed by atoms with E-state index in [1.54, 1.807) is 7.11 Å². The molecule has 1 aromatic carbocycles. The molecule has 0 fully saturated rings. The average Bonchev–Trinajstić information content (AvgIpc) is 2.21. The maximum absolute atomic E-state index is 11.2. The molecule has 1 rings (SSSR count). The molecule has 3 heteroatoms. The summed E-state index contributed by atoms with van der Waals surface area (Å²) in [7, 11) is 1.63. The fourth-order valence-electron chi connectivity index (χ4n) is 1.53. The Kier molecular flexibility index (Phi) is 3.75. The Morgan fingerprint density at radius 2 is 1.93 bits per heavy atom. The van der Waals surface area contributed by atoms with Crippen molar-refractivity contribution in [2.75, 3.05) is 7.11 Å². The predicted molar refractivity (Wildman–Crippen MR) is 61.7 cm³/mol. The Morgan fingerprint density at radius 3 is 2.40 bits per heavy atom. The molecule has 0 aliphatic rings. The maximum Gasteiger partial charge on any atom is 0.152 e. The second-order valence-electron chi connectivity index (χ2n) is 3.58. The van der Waals surface area contributed by atoms with Gasteiger partial charge in [0.2, 0.25) is 0 Å². The highest BCUT2D eigenvalue weighted by Gasteiger charge is 2.17. The van der Waals surface area contributed by atoms with Gasteiger partial charge >= 0.3 is 0 Å². The highest BCUT2D eigenvalue weighted by molar-refractivity contribution is 6.30. The quantitative estimate of drug-likeness (QED) is 0.740. The van der Waals surface area contributed by atoms with Gasteiger partial charge in [0, 0.05) is 0 Å². The van der Waals surface area contributed by atoms with Crippen molar-refractivity contribution in [1.29, 1.82) is 0 Å². The van der Waals surface area contributed by atoms with Crippen LogP contribution in [0.2, 0.25) is 0 Å². The molecule has 0 radical (unpaired) electrons. The van der Waals surface area contributed by atoms with Crippen molar-refractivity contribution in [1.82, 2.24) is 0 Å². The summed E-state index contributed by atoms with van der Waals surface area (Å²) in [4.78, 5) is 11.2. The molecule has 0 aliphatic heterocycles. The van der Waals surface area contributed by atoms with E-state index in [0.717, 1.165) is 22.4 Å². The SMILES string of the molecule is COc1ccc(C(Cl)C(C)=O)c(C)c1C. The van der Waals surface area contributed by atoms with Crippen LogP contribution in [0.1, 0.15) is 29.0 Å². The van der Waals surface area contributed by atoms with Gasteiger partial charge in [0.15, 0.2) is 5.78 Å². The molecule has 0 N–H and O–H groups in total. The zero-order chi connectivity index (χ0) is 11.6. The van der Waals surface area contributed by atoms with E-state index >= 15 is 0 Å². The Bertz CT molecular complexity index is 385. The molecule has 82 valence electrons. The van der Waals surface area contributed by atoms with Gasteiger partial charge < -0.3 is 4.74 Å².